The molecule has 0 aliphatic carbocycles. The molecule has 5 nitrogen and oxygen atoms in total. The number of hydrogen-bond acceptors (Lipinski definition) is 3. The van der Waals surface area contributed by atoms with Crippen LogP contribution in [-0.2, 0) is 6.54 Å². The van der Waals surface area contributed by atoms with Gasteiger partial charge < -0.3 is 10.6 Å². The molecule has 2 N–H and O–H groups in total. The van der Waals surface area contributed by atoms with E-state index in [0.29, 0.717) is 17.2 Å². The van der Waals surface area contributed by atoms with Crippen LogP contribution in [0, 0.1) is 13.8 Å². The van der Waals surface area contributed by atoms with Gasteiger partial charge in [-0.25, -0.2) is 0 Å². The van der Waals surface area contributed by atoms with Crippen molar-refractivity contribution in [2.75, 3.05) is 10.6 Å². The lowest BCUT2D eigenvalue weighted by Crippen LogP contribution is -2.20. The lowest BCUT2D eigenvalue weighted by atomic mass is 10.1. The van der Waals surface area contributed by atoms with Crippen LogP contribution in [0.3, 0.4) is 0 Å². The minimum Gasteiger partial charge on any atom is -0.332 e. The molecule has 27 heavy (non-hydrogen) atoms. The van der Waals surface area contributed by atoms with Gasteiger partial charge >= 0.3 is 0 Å². The van der Waals surface area contributed by atoms with Crippen molar-refractivity contribution in [2.45, 2.75) is 27.3 Å². The standard InChI is InChI=1S/C21H22N4OS/c1-14-20(15(2)25(24-14)13-17-8-5-4-6-9-17)23-21(27)22-19-11-7-10-18(12-19)16(3)26/h4-12H,13H2,1-3H3,(H2,22,23,27). The highest BCUT2D eigenvalue weighted by Crippen LogP contribution is 2.21. The van der Waals surface area contributed by atoms with Crippen LogP contribution in [0.1, 0.15) is 34.2 Å². The maximum atomic E-state index is 11.5. The average Bonchev–Trinajstić information content (AvgIpc) is 2.90. The van der Waals surface area contributed by atoms with Crippen molar-refractivity contribution in [3.05, 3.63) is 77.1 Å². The number of nitrogens with zero attached hydrogens (tertiary/aromatic N) is 2. The summed E-state index contributed by atoms with van der Waals surface area (Å²) >= 11 is 5.44. The summed E-state index contributed by atoms with van der Waals surface area (Å²) in [6, 6.07) is 17.5. The molecule has 1 heterocycles. The Morgan fingerprint density at radius 3 is 2.52 bits per heavy atom. The van der Waals surface area contributed by atoms with Crippen molar-refractivity contribution in [3.63, 3.8) is 0 Å². The van der Waals surface area contributed by atoms with E-state index in [2.05, 4.69) is 27.9 Å². The molecule has 0 saturated heterocycles. The van der Waals surface area contributed by atoms with E-state index in [4.69, 9.17) is 12.2 Å². The average molecular weight is 379 g/mol. The quantitative estimate of drug-likeness (QED) is 0.503. The molecule has 0 radical (unpaired) electrons. The molecule has 0 spiro atoms. The summed E-state index contributed by atoms with van der Waals surface area (Å²) in [6.07, 6.45) is 0. The first kappa shape index (κ1) is 18.8. The zero-order valence-electron chi connectivity index (χ0n) is 15.6. The van der Waals surface area contributed by atoms with Crippen molar-refractivity contribution < 1.29 is 4.79 Å². The predicted octanol–water partition coefficient (Wildman–Crippen LogP) is 4.56. The maximum absolute atomic E-state index is 11.5. The predicted molar refractivity (Wildman–Crippen MR) is 114 cm³/mol. The number of carbonyl (C=O) groups is 1. The van der Waals surface area contributed by atoms with Crippen LogP contribution in [0.4, 0.5) is 11.4 Å². The normalized spacial score (nSPS) is 10.5. The van der Waals surface area contributed by atoms with Crippen molar-refractivity contribution in [1.82, 2.24) is 9.78 Å². The number of benzene rings is 2. The Morgan fingerprint density at radius 1 is 1.07 bits per heavy atom. The van der Waals surface area contributed by atoms with Crippen LogP contribution in [0.5, 0.6) is 0 Å². The molecule has 0 unspecified atom stereocenters. The minimum atomic E-state index is 0.0198. The van der Waals surface area contributed by atoms with E-state index < -0.39 is 0 Å². The fourth-order valence-corrected chi connectivity index (χ4v) is 3.10. The number of thiocarbonyl (C=S) groups is 1. The Hall–Kier alpha value is -2.99. The van der Waals surface area contributed by atoms with Crippen molar-refractivity contribution >= 4 is 34.5 Å². The molecule has 0 aliphatic rings. The van der Waals surface area contributed by atoms with Gasteiger partial charge in [-0.05, 0) is 50.7 Å². The molecular weight excluding hydrogens is 356 g/mol. The highest BCUT2D eigenvalue weighted by atomic mass is 32.1. The molecule has 0 saturated carbocycles. The van der Waals surface area contributed by atoms with Gasteiger partial charge in [0.25, 0.3) is 0 Å². The number of nitrogens with one attached hydrogen (secondary N) is 2. The van der Waals surface area contributed by atoms with Gasteiger partial charge in [-0.2, -0.15) is 5.10 Å². The highest BCUT2D eigenvalue weighted by Gasteiger charge is 2.13. The van der Waals surface area contributed by atoms with Crippen molar-refractivity contribution in [1.29, 1.82) is 0 Å². The lowest BCUT2D eigenvalue weighted by Gasteiger charge is -2.12. The Kier molecular flexibility index (Phi) is 5.66. The second-order valence-electron chi connectivity index (χ2n) is 6.41. The number of anilines is 2. The number of rotatable bonds is 5. The van der Waals surface area contributed by atoms with E-state index in [1.807, 2.05) is 48.9 Å². The van der Waals surface area contributed by atoms with Crippen LogP contribution >= 0.6 is 12.2 Å². The van der Waals surface area contributed by atoms with Gasteiger partial charge in [-0.15, -0.1) is 0 Å². The molecule has 3 aromatic rings. The number of hydrogen-bond donors (Lipinski definition) is 2. The summed E-state index contributed by atoms with van der Waals surface area (Å²) in [4.78, 5) is 11.5. The van der Waals surface area contributed by atoms with Crippen LogP contribution in [-0.4, -0.2) is 20.7 Å². The zero-order chi connectivity index (χ0) is 19.4. The third kappa shape index (κ3) is 4.60. The van der Waals surface area contributed by atoms with E-state index in [0.717, 1.165) is 22.8 Å². The van der Waals surface area contributed by atoms with E-state index in [1.165, 1.54) is 5.56 Å². The molecule has 3 rings (SSSR count). The molecule has 0 fully saturated rings. The summed E-state index contributed by atoms with van der Waals surface area (Å²) in [7, 11) is 0. The molecule has 1 aromatic heterocycles. The fraction of sp³-hybridized carbons (Fsp3) is 0.190. The molecule has 0 atom stereocenters. The Bertz CT molecular complexity index is 979. The first-order valence-electron chi connectivity index (χ1n) is 8.71. The Balaban J connectivity index is 1.73. The monoisotopic (exact) mass is 378 g/mol. The van der Waals surface area contributed by atoms with Crippen LogP contribution < -0.4 is 10.6 Å². The summed E-state index contributed by atoms with van der Waals surface area (Å²) in [5, 5.41) is 11.4. The molecule has 138 valence electrons. The summed E-state index contributed by atoms with van der Waals surface area (Å²) in [5.74, 6) is 0.0198. The second-order valence-corrected chi connectivity index (χ2v) is 6.81. The molecule has 6 heteroatoms. The largest absolute Gasteiger partial charge is 0.332 e. The summed E-state index contributed by atoms with van der Waals surface area (Å²) in [6.45, 7) is 6.22. The van der Waals surface area contributed by atoms with Crippen molar-refractivity contribution in [3.8, 4) is 0 Å². The maximum Gasteiger partial charge on any atom is 0.175 e. The summed E-state index contributed by atoms with van der Waals surface area (Å²) < 4.78 is 1.96. The van der Waals surface area contributed by atoms with Gasteiger partial charge in [-0.1, -0.05) is 42.5 Å². The van der Waals surface area contributed by atoms with Crippen molar-refractivity contribution in [2.24, 2.45) is 0 Å². The number of carbonyl (C=O) groups excluding carboxylic acids is 1. The fourth-order valence-electron chi connectivity index (χ4n) is 2.88. The zero-order valence-corrected chi connectivity index (χ0v) is 16.4. The van der Waals surface area contributed by atoms with Gasteiger partial charge in [0.2, 0.25) is 0 Å². The third-order valence-electron chi connectivity index (χ3n) is 4.32. The number of ketones is 1. The van der Waals surface area contributed by atoms with Crippen LogP contribution in [0.25, 0.3) is 0 Å². The number of Topliss-reactive ketones (excluding diaryl/α,β-unsaturated/α-hetero) is 1. The lowest BCUT2D eigenvalue weighted by molar-refractivity contribution is 0.101. The van der Waals surface area contributed by atoms with Gasteiger partial charge in [0.1, 0.15) is 0 Å². The molecular formula is C21H22N4OS. The molecule has 0 aliphatic heterocycles. The smallest absolute Gasteiger partial charge is 0.175 e. The minimum absolute atomic E-state index is 0.0198. The van der Waals surface area contributed by atoms with Gasteiger partial charge in [0, 0.05) is 11.3 Å². The first-order chi connectivity index (χ1) is 12.9. The molecule has 2 aromatic carbocycles. The van der Waals surface area contributed by atoms with Crippen LogP contribution in [0.15, 0.2) is 54.6 Å². The van der Waals surface area contributed by atoms with E-state index >= 15 is 0 Å². The summed E-state index contributed by atoms with van der Waals surface area (Å²) in [5.41, 5.74) is 5.39. The first-order valence-corrected chi connectivity index (χ1v) is 9.12. The third-order valence-corrected chi connectivity index (χ3v) is 4.53. The highest BCUT2D eigenvalue weighted by molar-refractivity contribution is 7.80. The second kappa shape index (κ2) is 8.14. The van der Waals surface area contributed by atoms with Gasteiger partial charge in [-0.3, -0.25) is 9.48 Å². The van der Waals surface area contributed by atoms with Gasteiger partial charge in [0.15, 0.2) is 10.9 Å². The van der Waals surface area contributed by atoms with E-state index in [1.54, 1.807) is 19.1 Å². The molecule has 0 amide bonds. The Morgan fingerprint density at radius 2 is 1.81 bits per heavy atom. The van der Waals surface area contributed by atoms with E-state index in [-0.39, 0.29) is 5.78 Å². The number of aryl methyl sites for hydroxylation is 1. The molecule has 0 bridgehead atoms. The van der Waals surface area contributed by atoms with Gasteiger partial charge in [0.05, 0.1) is 23.6 Å². The number of aromatic nitrogens is 2. The topological polar surface area (TPSA) is 59.0 Å². The SMILES string of the molecule is CC(=O)c1cccc(NC(=S)Nc2c(C)nn(Cc3ccccc3)c2C)c1. The Labute approximate surface area is 164 Å². The van der Waals surface area contributed by atoms with Crippen LogP contribution in [0.2, 0.25) is 0 Å². The van der Waals surface area contributed by atoms with E-state index in [9.17, 15) is 4.79 Å².